The second-order valence-electron chi connectivity index (χ2n) is 8.94. The van der Waals surface area contributed by atoms with Crippen molar-refractivity contribution < 1.29 is 23.9 Å². The molecule has 8 nitrogen and oxygen atoms in total. The van der Waals surface area contributed by atoms with Crippen molar-refractivity contribution in [3.8, 4) is 11.1 Å². The number of nitrogens with zero attached hydrogens (tertiary/aromatic N) is 3. The zero-order chi connectivity index (χ0) is 23.1. The van der Waals surface area contributed by atoms with Gasteiger partial charge in [-0.25, -0.2) is 14.8 Å². The molecule has 1 amide bonds. The summed E-state index contributed by atoms with van der Waals surface area (Å²) < 4.78 is 6.28. The lowest BCUT2D eigenvalue weighted by Gasteiger charge is -2.29. The Morgan fingerprint density at radius 2 is 1.79 bits per heavy atom. The first-order valence-corrected chi connectivity index (χ1v) is 10.9. The number of carbonyl (C=O) groups excluding carboxylic acids is 2. The molecule has 0 radical (unpaired) electrons. The SMILES string of the molecule is C[N+]1(CC(=O)Nc2ccncn2)CC[C@@H](OC(=O)C2(O)c3ccccc3-c3ccccc32)C1. The van der Waals surface area contributed by atoms with E-state index >= 15 is 0 Å². The minimum absolute atomic E-state index is 0.166. The zero-order valence-electron chi connectivity index (χ0n) is 18.3. The quantitative estimate of drug-likeness (QED) is 0.461. The largest absolute Gasteiger partial charge is 0.453 e. The normalized spacial score (nSPS) is 22.3. The number of esters is 1. The monoisotopic (exact) mass is 445 g/mol. The summed E-state index contributed by atoms with van der Waals surface area (Å²) in [5, 5.41) is 14.4. The number of rotatable bonds is 5. The number of quaternary nitrogens is 1. The third-order valence-electron chi connectivity index (χ3n) is 6.50. The number of nitrogens with one attached hydrogen (secondary N) is 1. The van der Waals surface area contributed by atoms with Crippen molar-refractivity contribution in [2.75, 3.05) is 32.0 Å². The van der Waals surface area contributed by atoms with Crippen LogP contribution in [0.25, 0.3) is 11.1 Å². The Labute approximate surface area is 191 Å². The number of benzene rings is 2. The van der Waals surface area contributed by atoms with Crippen molar-refractivity contribution in [2.24, 2.45) is 0 Å². The van der Waals surface area contributed by atoms with Gasteiger partial charge < -0.3 is 19.6 Å². The minimum atomic E-state index is -1.84. The number of likely N-dealkylation sites (N-methyl/N-ethyl adjacent to an activating group) is 1. The van der Waals surface area contributed by atoms with Crippen LogP contribution in [-0.4, -0.2) is 64.2 Å². The van der Waals surface area contributed by atoms with Crippen LogP contribution in [0, 0.1) is 0 Å². The van der Waals surface area contributed by atoms with Gasteiger partial charge in [0.15, 0.2) is 12.6 Å². The first-order valence-electron chi connectivity index (χ1n) is 10.9. The number of hydrogen-bond acceptors (Lipinski definition) is 6. The molecule has 2 N–H and O–H groups in total. The second-order valence-corrected chi connectivity index (χ2v) is 8.94. The van der Waals surface area contributed by atoms with Crippen LogP contribution in [0.4, 0.5) is 5.82 Å². The highest BCUT2D eigenvalue weighted by Crippen LogP contribution is 2.48. The number of aromatic nitrogens is 2. The number of carbonyl (C=O) groups is 2. The van der Waals surface area contributed by atoms with Gasteiger partial charge in [0.05, 0.1) is 13.6 Å². The van der Waals surface area contributed by atoms with Crippen molar-refractivity contribution >= 4 is 17.7 Å². The summed E-state index contributed by atoms with van der Waals surface area (Å²) >= 11 is 0. The van der Waals surface area contributed by atoms with Gasteiger partial charge in [0, 0.05) is 23.7 Å². The van der Waals surface area contributed by atoms with Crippen LogP contribution in [0.5, 0.6) is 0 Å². The van der Waals surface area contributed by atoms with Gasteiger partial charge in [-0.3, -0.25) is 4.79 Å². The van der Waals surface area contributed by atoms with Crippen LogP contribution in [-0.2, 0) is 19.9 Å². The first kappa shape index (κ1) is 21.2. The summed E-state index contributed by atoms with van der Waals surface area (Å²) in [6.07, 6.45) is 3.16. The number of amides is 1. The topological polar surface area (TPSA) is 101 Å². The number of ether oxygens (including phenoxy) is 1. The van der Waals surface area contributed by atoms with Crippen LogP contribution in [0.3, 0.4) is 0 Å². The van der Waals surface area contributed by atoms with Crippen molar-refractivity contribution in [3.05, 3.63) is 78.2 Å². The molecule has 0 saturated carbocycles. The predicted octanol–water partition coefficient (Wildman–Crippen LogP) is 2.09. The van der Waals surface area contributed by atoms with Crippen molar-refractivity contribution in [2.45, 2.75) is 18.1 Å². The number of anilines is 1. The van der Waals surface area contributed by atoms with E-state index in [2.05, 4.69) is 15.3 Å². The van der Waals surface area contributed by atoms with E-state index in [1.54, 1.807) is 24.4 Å². The van der Waals surface area contributed by atoms with E-state index in [1.807, 2.05) is 43.4 Å². The molecule has 8 heteroatoms. The standard InChI is InChI=1S/C25H24N4O4/c1-29(15-23(30)28-22-10-12-26-16-27-22)13-11-17(14-29)33-24(31)25(32)20-8-4-2-6-18(20)19-7-3-5-9-21(19)25/h2-10,12,16-17,32H,11,13-15H2,1H3/p+1/t17-,29?/m1/s1. The van der Waals surface area contributed by atoms with Gasteiger partial charge in [-0.15, -0.1) is 0 Å². The Hall–Kier alpha value is -3.62. The van der Waals surface area contributed by atoms with E-state index in [1.165, 1.54) is 6.33 Å². The average molecular weight is 445 g/mol. The van der Waals surface area contributed by atoms with E-state index in [0.29, 0.717) is 40.9 Å². The fourth-order valence-electron chi connectivity index (χ4n) is 4.93. The van der Waals surface area contributed by atoms with E-state index < -0.39 is 17.7 Å². The Morgan fingerprint density at radius 1 is 1.12 bits per heavy atom. The molecule has 0 spiro atoms. The summed E-state index contributed by atoms with van der Waals surface area (Å²) in [6.45, 7) is 1.40. The molecule has 3 aromatic rings. The molecule has 2 atom stereocenters. The number of fused-ring (bicyclic) bond motifs is 3. The molecule has 2 aromatic carbocycles. The molecule has 1 unspecified atom stereocenters. The fraction of sp³-hybridized carbons (Fsp3) is 0.280. The van der Waals surface area contributed by atoms with Crippen molar-refractivity contribution in [1.29, 1.82) is 0 Å². The second kappa shape index (κ2) is 8.06. The van der Waals surface area contributed by atoms with Crippen LogP contribution in [0.1, 0.15) is 17.5 Å². The number of hydrogen-bond donors (Lipinski definition) is 2. The van der Waals surface area contributed by atoms with Gasteiger partial charge in [0.25, 0.3) is 5.91 Å². The molecule has 1 saturated heterocycles. The third kappa shape index (κ3) is 3.77. The van der Waals surface area contributed by atoms with Crippen molar-refractivity contribution in [1.82, 2.24) is 9.97 Å². The highest BCUT2D eigenvalue weighted by molar-refractivity contribution is 5.96. The van der Waals surface area contributed by atoms with Crippen LogP contribution in [0.15, 0.2) is 67.1 Å². The lowest BCUT2D eigenvalue weighted by molar-refractivity contribution is -0.890. The Morgan fingerprint density at radius 3 is 2.42 bits per heavy atom. The van der Waals surface area contributed by atoms with Gasteiger partial charge in [0.1, 0.15) is 18.7 Å². The molecule has 0 bridgehead atoms. The van der Waals surface area contributed by atoms with E-state index in [-0.39, 0.29) is 12.5 Å². The Balaban J connectivity index is 1.29. The van der Waals surface area contributed by atoms with Crippen LogP contribution in [0.2, 0.25) is 0 Å². The summed E-state index contributed by atoms with van der Waals surface area (Å²) in [4.78, 5) is 33.7. The Kier molecular flexibility index (Phi) is 5.19. The highest BCUT2D eigenvalue weighted by Gasteiger charge is 2.51. The molecule has 1 fully saturated rings. The lowest BCUT2D eigenvalue weighted by atomic mass is 9.91. The van der Waals surface area contributed by atoms with Crippen LogP contribution < -0.4 is 5.32 Å². The maximum atomic E-state index is 13.4. The fourth-order valence-corrected chi connectivity index (χ4v) is 4.93. The highest BCUT2D eigenvalue weighted by atomic mass is 16.6. The van der Waals surface area contributed by atoms with Crippen LogP contribution >= 0.6 is 0 Å². The third-order valence-corrected chi connectivity index (χ3v) is 6.50. The van der Waals surface area contributed by atoms with E-state index in [9.17, 15) is 14.7 Å². The summed E-state index contributed by atoms with van der Waals surface area (Å²) in [7, 11) is 1.96. The smallest absolute Gasteiger partial charge is 0.348 e. The summed E-state index contributed by atoms with van der Waals surface area (Å²) in [5.74, 6) is -0.395. The number of aliphatic hydroxyl groups is 1. The molecule has 1 aliphatic heterocycles. The lowest BCUT2D eigenvalue weighted by Crippen LogP contribution is -2.48. The van der Waals surface area contributed by atoms with Gasteiger partial charge in [-0.2, -0.15) is 0 Å². The molecule has 33 heavy (non-hydrogen) atoms. The zero-order valence-corrected chi connectivity index (χ0v) is 18.3. The average Bonchev–Trinajstić information content (AvgIpc) is 3.30. The molecule has 2 aliphatic rings. The van der Waals surface area contributed by atoms with Gasteiger partial charge in [-0.05, 0) is 17.2 Å². The van der Waals surface area contributed by atoms with Gasteiger partial charge >= 0.3 is 5.97 Å². The molecule has 1 aromatic heterocycles. The van der Waals surface area contributed by atoms with E-state index in [0.717, 1.165) is 11.1 Å². The molecular formula is C25H25N4O4+. The Bertz CT molecular complexity index is 1170. The molecular weight excluding hydrogens is 420 g/mol. The van der Waals surface area contributed by atoms with Gasteiger partial charge in [0.2, 0.25) is 5.60 Å². The molecule has 2 heterocycles. The summed E-state index contributed by atoms with van der Waals surface area (Å²) in [5.41, 5.74) is 0.900. The number of likely N-dealkylation sites (tertiary alicyclic amines) is 1. The van der Waals surface area contributed by atoms with Gasteiger partial charge in [-0.1, -0.05) is 48.5 Å². The first-order chi connectivity index (χ1) is 15.9. The van der Waals surface area contributed by atoms with Crippen molar-refractivity contribution in [3.63, 3.8) is 0 Å². The predicted molar refractivity (Wildman–Crippen MR) is 121 cm³/mol. The maximum Gasteiger partial charge on any atom is 0.348 e. The maximum absolute atomic E-state index is 13.4. The molecule has 1 aliphatic carbocycles. The summed E-state index contributed by atoms with van der Waals surface area (Å²) in [6, 6.07) is 16.4. The minimum Gasteiger partial charge on any atom is -0.453 e. The molecule has 5 rings (SSSR count). The molecule has 168 valence electrons. The van der Waals surface area contributed by atoms with E-state index in [4.69, 9.17) is 4.74 Å².